The molecule has 1 aromatic carbocycles. The van der Waals surface area contributed by atoms with Crippen LogP contribution in [0.4, 0.5) is 0 Å². The maximum absolute atomic E-state index is 12.4. The Morgan fingerprint density at radius 3 is 2.77 bits per heavy atom. The standard InChI is InChI=1S/C16H17N3O4S3/c1-10-8-12(18-23-10)15(20)17-16-19(6-7-24-2)13-5-4-11(26(3,21)22)9-14(13)25-16/h4-5,8-9H,6-7H2,1-3H3. The van der Waals surface area contributed by atoms with Gasteiger partial charge in [0, 0.05) is 24.6 Å². The van der Waals surface area contributed by atoms with E-state index in [0.29, 0.717) is 17.1 Å². The van der Waals surface area contributed by atoms with Gasteiger partial charge in [-0.1, -0.05) is 16.5 Å². The van der Waals surface area contributed by atoms with Crippen LogP contribution in [0.2, 0.25) is 0 Å². The molecule has 0 N–H and O–H groups in total. The van der Waals surface area contributed by atoms with Crippen molar-refractivity contribution in [1.29, 1.82) is 0 Å². The van der Waals surface area contributed by atoms with Gasteiger partial charge in [0.1, 0.15) is 5.76 Å². The third-order valence-electron chi connectivity index (χ3n) is 3.65. The van der Waals surface area contributed by atoms with E-state index >= 15 is 0 Å². The van der Waals surface area contributed by atoms with Gasteiger partial charge in [0.15, 0.2) is 20.3 Å². The third kappa shape index (κ3) is 3.92. The van der Waals surface area contributed by atoms with E-state index in [4.69, 9.17) is 4.52 Å². The Morgan fingerprint density at radius 1 is 1.38 bits per heavy atom. The predicted octanol–water partition coefficient (Wildman–Crippen LogP) is 2.51. The van der Waals surface area contributed by atoms with Crippen molar-refractivity contribution in [2.45, 2.75) is 18.4 Å². The summed E-state index contributed by atoms with van der Waals surface area (Å²) in [6.07, 6.45) is 3.17. The first-order valence-corrected chi connectivity index (χ1v) is 11.7. The first kappa shape index (κ1) is 18.9. The van der Waals surface area contributed by atoms with Gasteiger partial charge < -0.3 is 9.09 Å². The summed E-state index contributed by atoms with van der Waals surface area (Å²) in [5.41, 5.74) is 0.993. The monoisotopic (exact) mass is 411 g/mol. The van der Waals surface area contributed by atoms with Crippen molar-refractivity contribution < 1.29 is 17.7 Å². The number of hydrogen-bond acceptors (Lipinski definition) is 7. The van der Waals surface area contributed by atoms with Crippen LogP contribution in [0.5, 0.6) is 0 Å². The second-order valence-electron chi connectivity index (χ2n) is 5.67. The molecule has 3 rings (SSSR count). The number of aromatic nitrogens is 2. The van der Waals surface area contributed by atoms with Gasteiger partial charge in [0.05, 0.1) is 15.1 Å². The van der Waals surface area contributed by atoms with E-state index < -0.39 is 15.7 Å². The van der Waals surface area contributed by atoms with Gasteiger partial charge in [-0.25, -0.2) is 8.42 Å². The minimum atomic E-state index is -3.30. The number of rotatable bonds is 5. The molecule has 0 saturated heterocycles. The van der Waals surface area contributed by atoms with Crippen LogP contribution in [0.25, 0.3) is 10.2 Å². The van der Waals surface area contributed by atoms with Crippen molar-refractivity contribution in [3.63, 3.8) is 0 Å². The summed E-state index contributed by atoms with van der Waals surface area (Å²) in [5.74, 6) is 0.881. The van der Waals surface area contributed by atoms with Crippen LogP contribution in [0.1, 0.15) is 16.2 Å². The Bertz CT molecular complexity index is 1140. The molecule has 10 heteroatoms. The number of carbonyl (C=O) groups excluding carboxylic acids is 1. The predicted molar refractivity (Wildman–Crippen MR) is 102 cm³/mol. The smallest absolute Gasteiger partial charge is 0.301 e. The quantitative estimate of drug-likeness (QED) is 0.640. The number of fused-ring (bicyclic) bond motifs is 1. The van der Waals surface area contributed by atoms with E-state index in [2.05, 4.69) is 10.1 Å². The summed E-state index contributed by atoms with van der Waals surface area (Å²) in [6, 6.07) is 6.49. The molecule has 0 spiro atoms. The highest BCUT2D eigenvalue weighted by atomic mass is 32.2. The van der Waals surface area contributed by atoms with Gasteiger partial charge in [-0.05, 0) is 31.4 Å². The molecule has 0 saturated carbocycles. The summed E-state index contributed by atoms with van der Waals surface area (Å²) in [4.78, 5) is 17.3. The van der Waals surface area contributed by atoms with Crippen molar-refractivity contribution in [2.24, 2.45) is 4.99 Å². The number of thiazole rings is 1. The summed E-state index contributed by atoms with van der Waals surface area (Å²) < 4.78 is 31.2. The Morgan fingerprint density at radius 2 is 2.15 bits per heavy atom. The van der Waals surface area contributed by atoms with Crippen molar-refractivity contribution in [3.8, 4) is 0 Å². The first-order valence-electron chi connectivity index (χ1n) is 7.64. The van der Waals surface area contributed by atoms with Crippen LogP contribution in [-0.2, 0) is 16.4 Å². The molecule has 138 valence electrons. The minimum absolute atomic E-state index is 0.146. The molecule has 2 heterocycles. The molecule has 0 aliphatic carbocycles. The molecule has 26 heavy (non-hydrogen) atoms. The average molecular weight is 412 g/mol. The molecular weight excluding hydrogens is 394 g/mol. The Labute approximate surface area is 158 Å². The molecular formula is C16H17N3O4S3. The fourth-order valence-corrected chi connectivity index (χ4v) is 4.56. The van der Waals surface area contributed by atoms with E-state index in [-0.39, 0.29) is 10.6 Å². The van der Waals surface area contributed by atoms with Gasteiger partial charge in [-0.2, -0.15) is 16.8 Å². The zero-order valence-electron chi connectivity index (χ0n) is 14.4. The first-order chi connectivity index (χ1) is 12.3. The molecule has 0 atom stereocenters. The van der Waals surface area contributed by atoms with Gasteiger partial charge in [-0.15, -0.1) is 0 Å². The highest BCUT2D eigenvalue weighted by Gasteiger charge is 2.14. The molecule has 0 fully saturated rings. The summed E-state index contributed by atoms with van der Waals surface area (Å²) in [6.45, 7) is 2.36. The fourth-order valence-electron chi connectivity index (χ4n) is 2.38. The van der Waals surface area contributed by atoms with E-state index in [0.717, 1.165) is 16.0 Å². The Balaban J connectivity index is 2.16. The average Bonchev–Trinajstić information content (AvgIpc) is 3.15. The van der Waals surface area contributed by atoms with Crippen molar-refractivity contribution >= 4 is 49.1 Å². The van der Waals surface area contributed by atoms with E-state index in [9.17, 15) is 13.2 Å². The lowest BCUT2D eigenvalue weighted by Gasteiger charge is -2.04. The van der Waals surface area contributed by atoms with Crippen LogP contribution in [-0.4, -0.2) is 42.3 Å². The maximum Gasteiger partial charge on any atom is 0.301 e. The molecule has 0 aliphatic rings. The van der Waals surface area contributed by atoms with Crippen LogP contribution in [0.3, 0.4) is 0 Å². The second-order valence-corrected chi connectivity index (χ2v) is 9.68. The molecule has 2 aromatic heterocycles. The molecule has 0 radical (unpaired) electrons. The Kier molecular flexibility index (Phi) is 5.35. The number of benzene rings is 1. The molecule has 0 bridgehead atoms. The van der Waals surface area contributed by atoms with Crippen LogP contribution >= 0.6 is 23.1 Å². The second kappa shape index (κ2) is 7.37. The number of hydrogen-bond donors (Lipinski definition) is 0. The SMILES string of the molecule is CSCCn1c(=NC(=O)c2cc(C)on2)sc2cc(S(C)(=O)=O)ccc21. The molecule has 3 aromatic rings. The highest BCUT2D eigenvalue weighted by molar-refractivity contribution is 7.98. The van der Waals surface area contributed by atoms with Gasteiger partial charge in [-0.3, -0.25) is 4.79 Å². The van der Waals surface area contributed by atoms with Gasteiger partial charge in [0.2, 0.25) is 0 Å². The van der Waals surface area contributed by atoms with E-state index in [1.54, 1.807) is 36.9 Å². The number of aryl methyl sites for hydroxylation is 2. The molecule has 1 amide bonds. The molecule has 0 unspecified atom stereocenters. The van der Waals surface area contributed by atoms with Gasteiger partial charge in [0.25, 0.3) is 0 Å². The topological polar surface area (TPSA) is 94.5 Å². The van der Waals surface area contributed by atoms with E-state index in [1.807, 2.05) is 10.8 Å². The van der Waals surface area contributed by atoms with Crippen molar-refractivity contribution in [3.05, 3.63) is 40.5 Å². The highest BCUT2D eigenvalue weighted by Crippen LogP contribution is 2.22. The lowest BCUT2D eigenvalue weighted by atomic mass is 10.3. The van der Waals surface area contributed by atoms with Crippen LogP contribution < -0.4 is 4.80 Å². The zero-order valence-corrected chi connectivity index (χ0v) is 16.9. The lowest BCUT2D eigenvalue weighted by molar-refractivity contribution is 0.0989. The van der Waals surface area contributed by atoms with Crippen LogP contribution in [0, 0.1) is 6.92 Å². The van der Waals surface area contributed by atoms with Crippen molar-refractivity contribution in [1.82, 2.24) is 9.72 Å². The summed E-state index contributed by atoms with van der Waals surface area (Å²) in [5, 5.41) is 3.70. The number of sulfone groups is 1. The normalized spacial score (nSPS) is 12.8. The lowest BCUT2D eigenvalue weighted by Crippen LogP contribution is -2.18. The summed E-state index contributed by atoms with van der Waals surface area (Å²) >= 11 is 2.95. The number of nitrogens with zero attached hydrogens (tertiary/aromatic N) is 3. The third-order valence-corrected chi connectivity index (χ3v) is 6.39. The maximum atomic E-state index is 12.4. The zero-order chi connectivity index (χ0) is 18.9. The minimum Gasteiger partial charge on any atom is -0.361 e. The number of carbonyl (C=O) groups is 1. The molecule has 7 nitrogen and oxygen atoms in total. The van der Waals surface area contributed by atoms with E-state index in [1.165, 1.54) is 23.7 Å². The molecule has 0 aliphatic heterocycles. The number of thioether (sulfide) groups is 1. The Hall–Kier alpha value is -1.91. The van der Waals surface area contributed by atoms with Crippen molar-refractivity contribution in [2.75, 3.05) is 18.3 Å². The number of amides is 1. The largest absolute Gasteiger partial charge is 0.361 e. The van der Waals surface area contributed by atoms with Gasteiger partial charge >= 0.3 is 5.91 Å². The van der Waals surface area contributed by atoms with Crippen LogP contribution in [0.15, 0.2) is 38.7 Å². The summed E-state index contributed by atoms with van der Waals surface area (Å²) in [7, 11) is -3.30. The fraction of sp³-hybridized carbons (Fsp3) is 0.312.